The lowest BCUT2D eigenvalue weighted by molar-refractivity contribution is -0.149. The highest BCUT2D eigenvalue weighted by molar-refractivity contribution is 5.72. The molecule has 0 spiro atoms. The number of rotatable bonds is 5. The van der Waals surface area contributed by atoms with E-state index < -0.39 is 0 Å². The molecule has 1 saturated heterocycles. The minimum absolute atomic E-state index is 0.0494. The summed E-state index contributed by atoms with van der Waals surface area (Å²) in [7, 11) is 1.62. The summed E-state index contributed by atoms with van der Waals surface area (Å²) in [6.45, 7) is 4.92. The highest BCUT2D eigenvalue weighted by Crippen LogP contribution is 2.20. The Morgan fingerprint density at radius 3 is 2.80 bits per heavy atom. The molecule has 1 fully saturated rings. The zero-order valence-corrected chi connectivity index (χ0v) is 12.2. The number of piperidine rings is 1. The van der Waals surface area contributed by atoms with Gasteiger partial charge in [-0.05, 0) is 38.9 Å². The van der Waals surface area contributed by atoms with Crippen molar-refractivity contribution < 1.29 is 14.3 Å². The summed E-state index contributed by atoms with van der Waals surface area (Å²) in [4.78, 5) is 18.4. The van der Waals surface area contributed by atoms with E-state index in [2.05, 4.69) is 9.88 Å². The van der Waals surface area contributed by atoms with E-state index in [0.717, 1.165) is 38.2 Å². The lowest BCUT2D eigenvalue weighted by Gasteiger charge is -2.30. The number of hydrogen-bond donors (Lipinski definition) is 0. The van der Waals surface area contributed by atoms with Gasteiger partial charge in [-0.15, -0.1) is 0 Å². The normalized spacial score (nSPS) is 16.9. The van der Waals surface area contributed by atoms with Gasteiger partial charge in [-0.3, -0.25) is 9.69 Å². The van der Waals surface area contributed by atoms with Crippen LogP contribution in [0.15, 0.2) is 18.2 Å². The van der Waals surface area contributed by atoms with Crippen LogP contribution in [0.4, 0.5) is 0 Å². The second-order valence-corrected chi connectivity index (χ2v) is 4.97. The number of esters is 1. The van der Waals surface area contributed by atoms with E-state index in [0.29, 0.717) is 12.5 Å². The third-order valence-corrected chi connectivity index (χ3v) is 3.58. The van der Waals surface area contributed by atoms with Gasteiger partial charge in [0.1, 0.15) is 0 Å². The number of carbonyl (C=O) groups is 1. The monoisotopic (exact) mass is 278 g/mol. The van der Waals surface area contributed by atoms with Crippen molar-refractivity contribution >= 4 is 5.97 Å². The number of nitrogens with zero attached hydrogens (tertiary/aromatic N) is 2. The number of aromatic nitrogens is 1. The van der Waals surface area contributed by atoms with Crippen LogP contribution < -0.4 is 4.74 Å². The standard InChI is InChI=1S/C15H22N2O3/c1-3-20-15(18)12-7-9-17(10-8-12)11-13-5-4-6-14(16-13)19-2/h4-6,12H,3,7-11H2,1-2H3. The van der Waals surface area contributed by atoms with Crippen LogP contribution in [0.5, 0.6) is 5.88 Å². The maximum atomic E-state index is 11.7. The quantitative estimate of drug-likeness (QED) is 0.770. The molecule has 0 amide bonds. The molecule has 0 saturated carbocycles. The molecule has 0 radical (unpaired) electrons. The smallest absolute Gasteiger partial charge is 0.309 e. The minimum Gasteiger partial charge on any atom is -0.481 e. The van der Waals surface area contributed by atoms with Crippen molar-refractivity contribution in [1.29, 1.82) is 0 Å². The molecule has 20 heavy (non-hydrogen) atoms. The average Bonchev–Trinajstić information content (AvgIpc) is 2.48. The van der Waals surface area contributed by atoms with Gasteiger partial charge in [-0.25, -0.2) is 4.98 Å². The zero-order chi connectivity index (χ0) is 14.4. The molecule has 1 aliphatic rings. The summed E-state index contributed by atoms with van der Waals surface area (Å²) in [6, 6.07) is 5.79. The number of carbonyl (C=O) groups excluding carboxylic acids is 1. The Bertz CT molecular complexity index is 442. The van der Waals surface area contributed by atoms with Crippen molar-refractivity contribution in [2.45, 2.75) is 26.3 Å². The fraction of sp³-hybridized carbons (Fsp3) is 0.600. The maximum absolute atomic E-state index is 11.7. The van der Waals surface area contributed by atoms with E-state index in [1.807, 2.05) is 25.1 Å². The second-order valence-electron chi connectivity index (χ2n) is 4.97. The molecule has 0 N–H and O–H groups in total. The highest BCUT2D eigenvalue weighted by atomic mass is 16.5. The Hall–Kier alpha value is -1.62. The van der Waals surface area contributed by atoms with Crippen molar-refractivity contribution in [3.8, 4) is 5.88 Å². The van der Waals surface area contributed by atoms with Crippen LogP contribution in [0, 0.1) is 5.92 Å². The van der Waals surface area contributed by atoms with Gasteiger partial charge < -0.3 is 9.47 Å². The van der Waals surface area contributed by atoms with Crippen LogP contribution in [-0.2, 0) is 16.1 Å². The SMILES string of the molecule is CCOC(=O)C1CCN(Cc2cccc(OC)n2)CC1. The van der Waals surface area contributed by atoms with E-state index >= 15 is 0 Å². The first-order chi connectivity index (χ1) is 9.72. The third kappa shape index (κ3) is 3.93. The van der Waals surface area contributed by atoms with E-state index in [9.17, 15) is 4.79 Å². The first-order valence-corrected chi connectivity index (χ1v) is 7.12. The molecule has 5 nitrogen and oxygen atoms in total. The summed E-state index contributed by atoms with van der Waals surface area (Å²) >= 11 is 0. The van der Waals surface area contributed by atoms with Crippen molar-refractivity contribution in [1.82, 2.24) is 9.88 Å². The Morgan fingerprint density at radius 2 is 2.15 bits per heavy atom. The summed E-state index contributed by atoms with van der Waals surface area (Å²) in [5.74, 6) is 0.653. The molecule has 0 unspecified atom stereocenters. The number of likely N-dealkylation sites (tertiary alicyclic amines) is 1. The lowest BCUT2D eigenvalue weighted by Crippen LogP contribution is -2.36. The zero-order valence-electron chi connectivity index (χ0n) is 12.2. The number of pyridine rings is 1. The highest BCUT2D eigenvalue weighted by Gasteiger charge is 2.25. The first kappa shape index (κ1) is 14.8. The molecule has 0 bridgehead atoms. The fourth-order valence-corrected chi connectivity index (χ4v) is 2.48. The van der Waals surface area contributed by atoms with Crippen LogP contribution >= 0.6 is 0 Å². The van der Waals surface area contributed by atoms with Crippen LogP contribution in [-0.4, -0.2) is 42.7 Å². The molecule has 5 heteroatoms. The predicted octanol–water partition coefficient (Wildman–Crippen LogP) is 1.87. The van der Waals surface area contributed by atoms with Crippen LogP contribution in [0.2, 0.25) is 0 Å². The molecule has 110 valence electrons. The van der Waals surface area contributed by atoms with Gasteiger partial charge in [-0.1, -0.05) is 6.07 Å². The summed E-state index contributed by atoms with van der Waals surface area (Å²) in [5.41, 5.74) is 0.999. The van der Waals surface area contributed by atoms with E-state index in [1.54, 1.807) is 7.11 Å². The molecule has 0 aromatic carbocycles. The van der Waals surface area contributed by atoms with Gasteiger partial charge in [0.2, 0.25) is 5.88 Å². The van der Waals surface area contributed by atoms with Gasteiger partial charge in [0, 0.05) is 12.6 Å². The minimum atomic E-state index is -0.0494. The molecular formula is C15H22N2O3. The Kier molecular flexibility index (Phi) is 5.35. The molecule has 1 aromatic rings. The fourth-order valence-electron chi connectivity index (χ4n) is 2.48. The van der Waals surface area contributed by atoms with E-state index in [-0.39, 0.29) is 11.9 Å². The molecule has 2 rings (SSSR count). The summed E-state index contributed by atoms with van der Waals surface area (Å²) in [5, 5.41) is 0. The van der Waals surface area contributed by atoms with Crippen LogP contribution in [0.25, 0.3) is 0 Å². The molecular weight excluding hydrogens is 256 g/mol. The summed E-state index contributed by atoms with van der Waals surface area (Å²) in [6.07, 6.45) is 1.73. The summed E-state index contributed by atoms with van der Waals surface area (Å²) < 4.78 is 10.2. The van der Waals surface area contributed by atoms with Crippen molar-refractivity contribution in [3.05, 3.63) is 23.9 Å². The number of ether oxygens (including phenoxy) is 2. The Labute approximate surface area is 119 Å². The molecule has 0 atom stereocenters. The second kappa shape index (κ2) is 7.24. The number of hydrogen-bond acceptors (Lipinski definition) is 5. The van der Waals surface area contributed by atoms with Crippen LogP contribution in [0.1, 0.15) is 25.5 Å². The topological polar surface area (TPSA) is 51.7 Å². The maximum Gasteiger partial charge on any atom is 0.309 e. The van der Waals surface area contributed by atoms with Gasteiger partial charge in [0.05, 0.1) is 25.3 Å². The average molecular weight is 278 g/mol. The first-order valence-electron chi connectivity index (χ1n) is 7.12. The lowest BCUT2D eigenvalue weighted by atomic mass is 9.97. The van der Waals surface area contributed by atoms with Crippen molar-refractivity contribution in [2.24, 2.45) is 5.92 Å². The molecule has 0 aliphatic carbocycles. The van der Waals surface area contributed by atoms with Crippen LogP contribution in [0.3, 0.4) is 0 Å². The molecule has 1 aliphatic heterocycles. The van der Waals surface area contributed by atoms with Gasteiger partial charge >= 0.3 is 5.97 Å². The Morgan fingerprint density at radius 1 is 1.40 bits per heavy atom. The largest absolute Gasteiger partial charge is 0.481 e. The van der Waals surface area contributed by atoms with Gasteiger partial charge in [0.25, 0.3) is 0 Å². The van der Waals surface area contributed by atoms with Crippen molar-refractivity contribution in [3.63, 3.8) is 0 Å². The van der Waals surface area contributed by atoms with Gasteiger partial charge in [-0.2, -0.15) is 0 Å². The molecule has 1 aromatic heterocycles. The van der Waals surface area contributed by atoms with E-state index in [4.69, 9.17) is 9.47 Å². The molecule has 2 heterocycles. The number of methoxy groups -OCH3 is 1. The van der Waals surface area contributed by atoms with Crippen molar-refractivity contribution in [2.75, 3.05) is 26.8 Å². The van der Waals surface area contributed by atoms with Gasteiger partial charge in [0.15, 0.2) is 0 Å². The predicted molar refractivity (Wildman–Crippen MR) is 75.4 cm³/mol. The Balaban J connectivity index is 1.83. The van der Waals surface area contributed by atoms with E-state index in [1.165, 1.54) is 0 Å². The third-order valence-electron chi connectivity index (χ3n) is 3.58.